The van der Waals surface area contributed by atoms with Gasteiger partial charge in [0, 0.05) is 6.42 Å². The minimum Gasteiger partial charge on any atom is -0.367 e. The van der Waals surface area contributed by atoms with Crippen molar-refractivity contribution in [2.45, 2.75) is 89.4 Å². The summed E-state index contributed by atoms with van der Waals surface area (Å²) in [6.07, 6.45) is 11.1. The Bertz CT molecular complexity index is 387. The molecule has 0 heterocycles. The van der Waals surface area contributed by atoms with Gasteiger partial charge >= 0.3 is 10.1 Å². The normalized spacial score (nSPS) is 14.9. The van der Waals surface area contributed by atoms with Crippen molar-refractivity contribution in [3.63, 3.8) is 0 Å². The second-order valence-electron chi connectivity index (χ2n) is 5.81. The summed E-state index contributed by atoms with van der Waals surface area (Å²) in [5.74, 6) is -0.843. The van der Waals surface area contributed by atoms with Gasteiger partial charge in [0.1, 0.15) is 0 Å². The van der Waals surface area contributed by atoms with Crippen LogP contribution in [-0.2, 0) is 14.9 Å². The highest BCUT2D eigenvalue weighted by atomic mass is 32.2. The fourth-order valence-electron chi connectivity index (χ4n) is 2.15. The number of ketones is 1. The van der Waals surface area contributed by atoms with Crippen molar-refractivity contribution in [3.05, 3.63) is 0 Å². The topological polar surface area (TPSA) is 91.7 Å². The van der Waals surface area contributed by atoms with Crippen molar-refractivity contribution >= 4 is 15.9 Å². The van der Waals surface area contributed by atoms with E-state index in [1.807, 2.05) is 0 Å². The summed E-state index contributed by atoms with van der Waals surface area (Å²) in [6.45, 7) is 3.02. The molecule has 2 N–H and O–H groups in total. The second-order valence-corrected chi connectivity index (χ2v) is 7.56. The van der Waals surface area contributed by atoms with Crippen LogP contribution in [0.15, 0.2) is 0 Å². The predicted molar refractivity (Wildman–Crippen MR) is 83.6 cm³/mol. The highest BCUT2D eigenvalue weighted by molar-refractivity contribution is 7.87. The third kappa shape index (κ3) is 8.53. The van der Waals surface area contributed by atoms with Gasteiger partial charge in [-0.1, -0.05) is 64.7 Å². The number of hydrogen-bond donors (Lipinski definition) is 2. The zero-order valence-electron chi connectivity index (χ0n) is 13.3. The molecular formula is C15H30O5S. The van der Waals surface area contributed by atoms with Gasteiger partial charge in [-0.3, -0.25) is 9.35 Å². The molecule has 0 bridgehead atoms. The van der Waals surface area contributed by atoms with Crippen molar-refractivity contribution in [1.29, 1.82) is 0 Å². The molecule has 0 aromatic rings. The maximum absolute atomic E-state index is 11.6. The van der Waals surface area contributed by atoms with Crippen LogP contribution in [-0.4, -0.2) is 28.8 Å². The molecule has 0 aliphatic heterocycles. The summed E-state index contributed by atoms with van der Waals surface area (Å²) in [7, 11) is -4.76. The quantitative estimate of drug-likeness (QED) is 0.400. The van der Waals surface area contributed by atoms with E-state index in [1.165, 1.54) is 38.5 Å². The van der Waals surface area contributed by atoms with E-state index in [9.17, 15) is 18.3 Å². The van der Waals surface area contributed by atoms with Gasteiger partial charge in [0.25, 0.3) is 0 Å². The van der Waals surface area contributed by atoms with E-state index in [1.54, 1.807) is 0 Å². The molecule has 0 saturated heterocycles. The van der Waals surface area contributed by atoms with Crippen LogP contribution in [0.5, 0.6) is 0 Å². The Morgan fingerprint density at radius 1 is 0.905 bits per heavy atom. The minimum atomic E-state index is -4.76. The Morgan fingerprint density at radius 2 is 1.29 bits per heavy atom. The maximum Gasteiger partial charge on any atom is 0.302 e. The third-order valence-electron chi connectivity index (χ3n) is 3.78. The standard InChI is InChI=1S/C15H30O5S/c1-3-4-5-6-7-8-9-10-11-12-13-14(16)15(2,17)21(18,19)20/h17H,3-13H2,1-2H3,(H,18,19,20). The van der Waals surface area contributed by atoms with Crippen LogP contribution in [0, 0.1) is 0 Å². The molecule has 5 nitrogen and oxygen atoms in total. The maximum atomic E-state index is 11.6. The molecular weight excluding hydrogens is 292 g/mol. The van der Waals surface area contributed by atoms with Crippen molar-refractivity contribution in [1.82, 2.24) is 0 Å². The molecule has 0 aromatic heterocycles. The van der Waals surface area contributed by atoms with Crippen molar-refractivity contribution in [2.24, 2.45) is 0 Å². The van der Waals surface area contributed by atoms with Gasteiger partial charge in [0.05, 0.1) is 0 Å². The molecule has 0 spiro atoms. The fraction of sp³-hybridized carbons (Fsp3) is 0.933. The molecule has 0 saturated carbocycles. The first-order chi connectivity index (χ1) is 9.73. The SMILES string of the molecule is CCCCCCCCCCCCC(=O)C(C)(O)S(=O)(=O)O. The molecule has 0 amide bonds. The van der Waals surface area contributed by atoms with Crippen molar-refractivity contribution in [3.8, 4) is 0 Å². The number of rotatable bonds is 13. The Balaban J connectivity index is 3.62. The van der Waals surface area contributed by atoms with E-state index in [2.05, 4.69) is 6.92 Å². The molecule has 0 radical (unpaired) electrons. The van der Waals surface area contributed by atoms with Gasteiger partial charge in [0.2, 0.25) is 4.93 Å². The highest BCUT2D eigenvalue weighted by Crippen LogP contribution is 2.18. The Hall–Kier alpha value is -0.460. The Morgan fingerprint density at radius 3 is 1.67 bits per heavy atom. The average Bonchev–Trinajstić information content (AvgIpc) is 2.39. The summed E-state index contributed by atoms with van der Waals surface area (Å²) in [5, 5.41) is 9.48. The summed E-state index contributed by atoms with van der Waals surface area (Å²) < 4.78 is 30.5. The van der Waals surface area contributed by atoms with E-state index < -0.39 is 20.8 Å². The van der Waals surface area contributed by atoms with E-state index in [0.717, 1.165) is 26.2 Å². The van der Waals surface area contributed by atoms with E-state index in [-0.39, 0.29) is 6.42 Å². The van der Waals surface area contributed by atoms with Gasteiger partial charge < -0.3 is 5.11 Å². The lowest BCUT2D eigenvalue weighted by atomic mass is 10.0. The highest BCUT2D eigenvalue weighted by Gasteiger charge is 2.42. The Labute approximate surface area is 128 Å². The first-order valence-electron chi connectivity index (χ1n) is 7.96. The third-order valence-corrected chi connectivity index (χ3v) is 5.01. The van der Waals surface area contributed by atoms with Crippen LogP contribution in [0.1, 0.15) is 84.5 Å². The van der Waals surface area contributed by atoms with Crippen molar-refractivity contribution in [2.75, 3.05) is 0 Å². The molecule has 21 heavy (non-hydrogen) atoms. The molecule has 0 aliphatic rings. The summed E-state index contributed by atoms with van der Waals surface area (Å²) in [5.41, 5.74) is 0. The summed E-state index contributed by atoms with van der Waals surface area (Å²) in [4.78, 5) is 8.88. The lowest BCUT2D eigenvalue weighted by molar-refractivity contribution is -0.129. The van der Waals surface area contributed by atoms with Gasteiger partial charge in [-0.25, -0.2) is 0 Å². The zero-order valence-corrected chi connectivity index (χ0v) is 14.1. The summed E-state index contributed by atoms with van der Waals surface area (Å²) in [6, 6.07) is 0. The number of carbonyl (C=O) groups is 1. The first kappa shape index (κ1) is 20.5. The number of hydrogen-bond acceptors (Lipinski definition) is 4. The molecule has 0 aromatic carbocycles. The van der Waals surface area contributed by atoms with E-state index in [4.69, 9.17) is 4.55 Å². The predicted octanol–water partition coefficient (Wildman–Crippen LogP) is 3.46. The molecule has 1 atom stereocenters. The van der Waals surface area contributed by atoms with Crippen LogP contribution >= 0.6 is 0 Å². The molecule has 1 unspecified atom stereocenters. The van der Waals surface area contributed by atoms with Crippen molar-refractivity contribution < 1.29 is 22.9 Å². The van der Waals surface area contributed by atoms with Gasteiger partial charge in [-0.2, -0.15) is 8.42 Å². The number of Topliss-reactive ketones (excluding diaryl/α,β-unsaturated/α-hetero) is 1. The van der Waals surface area contributed by atoms with Crippen LogP contribution < -0.4 is 0 Å². The smallest absolute Gasteiger partial charge is 0.302 e. The monoisotopic (exact) mass is 322 g/mol. The largest absolute Gasteiger partial charge is 0.367 e. The van der Waals surface area contributed by atoms with Crippen LogP contribution in [0.4, 0.5) is 0 Å². The molecule has 0 fully saturated rings. The minimum absolute atomic E-state index is 0.0245. The fourth-order valence-corrected chi connectivity index (χ4v) is 2.54. The van der Waals surface area contributed by atoms with Crippen LogP contribution in [0.25, 0.3) is 0 Å². The molecule has 0 rings (SSSR count). The second kappa shape index (κ2) is 10.3. The molecule has 6 heteroatoms. The lowest BCUT2D eigenvalue weighted by Crippen LogP contribution is -2.43. The molecule has 126 valence electrons. The van der Waals surface area contributed by atoms with Gasteiger partial charge in [-0.05, 0) is 13.3 Å². The first-order valence-corrected chi connectivity index (χ1v) is 9.40. The lowest BCUT2D eigenvalue weighted by Gasteiger charge is -2.17. The number of aliphatic hydroxyl groups is 1. The molecule has 0 aliphatic carbocycles. The number of unbranched alkanes of at least 4 members (excludes halogenated alkanes) is 9. The van der Waals surface area contributed by atoms with Crippen LogP contribution in [0.3, 0.4) is 0 Å². The Kier molecular flexibility index (Phi) is 10.1. The summed E-state index contributed by atoms with van der Waals surface area (Å²) >= 11 is 0. The van der Waals surface area contributed by atoms with Gasteiger partial charge in [0.15, 0.2) is 5.78 Å². The number of carbonyl (C=O) groups excluding carboxylic acids is 1. The van der Waals surface area contributed by atoms with Crippen LogP contribution in [0.2, 0.25) is 0 Å². The average molecular weight is 322 g/mol. The van der Waals surface area contributed by atoms with Gasteiger partial charge in [-0.15, -0.1) is 0 Å². The van der Waals surface area contributed by atoms with E-state index in [0.29, 0.717) is 6.42 Å². The van der Waals surface area contributed by atoms with E-state index >= 15 is 0 Å². The zero-order chi connectivity index (χ0) is 16.4.